The van der Waals surface area contributed by atoms with E-state index in [4.69, 9.17) is 5.11 Å². The number of rotatable bonds is 4. The van der Waals surface area contributed by atoms with E-state index in [0.717, 1.165) is 0 Å². The highest BCUT2D eigenvalue weighted by Crippen LogP contribution is 2.04. The Balaban J connectivity index is 3.17. The molecule has 53 valence electrons. The van der Waals surface area contributed by atoms with E-state index in [1.807, 2.05) is 0 Å². The van der Waals surface area contributed by atoms with Crippen molar-refractivity contribution in [2.24, 2.45) is 0 Å². The van der Waals surface area contributed by atoms with Crippen LogP contribution in [-0.4, -0.2) is 23.7 Å². The maximum absolute atomic E-state index is 9.57. The number of aliphatic hydroxyl groups is 1. The summed E-state index contributed by atoms with van der Waals surface area (Å²) in [4.78, 5) is 9.57. The lowest BCUT2D eigenvalue weighted by atomic mass is 10.1. The van der Waals surface area contributed by atoms with Crippen LogP contribution < -0.4 is 5.32 Å². The van der Waals surface area contributed by atoms with E-state index in [-0.39, 0.29) is 0 Å². The molecule has 0 heterocycles. The monoisotopic (exact) mass is 130 g/mol. The zero-order valence-corrected chi connectivity index (χ0v) is 5.77. The first-order valence-electron chi connectivity index (χ1n) is 2.88. The zero-order chi connectivity index (χ0) is 7.33. The van der Waals surface area contributed by atoms with Crippen LogP contribution in [0.3, 0.4) is 0 Å². The van der Waals surface area contributed by atoms with Crippen LogP contribution in [0.15, 0.2) is 0 Å². The zero-order valence-electron chi connectivity index (χ0n) is 5.77. The Bertz CT molecular complexity index is 85.5. The van der Waals surface area contributed by atoms with Crippen LogP contribution in [0.4, 0.5) is 0 Å². The summed E-state index contributed by atoms with van der Waals surface area (Å²) < 4.78 is 0. The molecule has 0 unspecified atom stereocenters. The second-order valence-electron chi connectivity index (χ2n) is 2.59. The molecular weight excluding hydrogens is 118 g/mol. The van der Waals surface area contributed by atoms with Crippen molar-refractivity contribution in [2.45, 2.75) is 25.9 Å². The molecule has 0 aromatic heterocycles. The molecule has 3 nitrogen and oxygen atoms in total. The molecule has 9 heavy (non-hydrogen) atoms. The van der Waals surface area contributed by atoms with Gasteiger partial charge in [0.25, 0.3) is 0 Å². The van der Waals surface area contributed by atoms with Gasteiger partial charge in [0.05, 0.1) is 5.60 Å². The van der Waals surface area contributed by atoms with Crippen molar-refractivity contribution >= 4 is 6.41 Å². The first-order valence-corrected chi connectivity index (χ1v) is 2.88. The topological polar surface area (TPSA) is 49.3 Å². The van der Waals surface area contributed by atoms with Crippen LogP contribution in [-0.2, 0) is 4.79 Å². The summed E-state index contributed by atoms with van der Waals surface area (Å²) in [6, 6.07) is 0. The van der Waals surface area contributed by atoms with Gasteiger partial charge in [0.15, 0.2) is 0 Å². The van der Waals surface area contributed by atoms with Gasteiger partial charge in [-0.2, -0.15) is 0 Å². The summed E-state index contributed by atoms with van der Waals surface area (Å²) in [6.07, 6.45) is 2.09. The molecule has 0 saturated carbocycles. The molecule has 1 radical (unpaired) electrons. The van der Waals surface area contributed by atoms with Gasteiger partial charge in [-0.25, -0.2) is 0 Å². The van der Waals surface area contributed by atoms with Crippen molar-refractivity contribution in [1.82, 2.24) is 5.32 Å². The Morgan fingerprint density at radius 1 is 1.67 bits per heavy atom. The molecule has 0 aliphatic rings. The molecule has 0 aromatic carbocycles. The van der Waals surface area contributed by atoms with Gasteiger partial charge in [-0.05, 0) is 20.3 Å². The number of hydrogen-bond donors (Lipinski definition) is 2. The quantitative estimate of drug-likeness (QED) is 0.409. The first kappa shape index (κ1) is 8.43. The summed E-state index contributed by atoms with van der Waals surface area (Å²) in [7, 11) is 0. The van der Waals surface area contributed by atoms with E-state index in [0.29, 0.717) is 13.0 Å². The van der Waals surface area contributed by atoms with Crippen molar-refractivity contribution in [3.05, 3.63) is 0 Å². The maximum atomic E-state index is 9.57. The Kier molecular flexibility index (Phi) is 3.24. The first-order chi connectivity index (χ1) is 4.06. The van der Waals surface area contributed by atoms with Crippen molar-refractivity contribution < 1.29 is 9.90 Å². The molecule has 1 amide bonds. The molecule has 0 atom stereocenters. The van der Waals surface area contributed by atoms with Crippen molar-refractivity contribution in [3.8, 4) is 0 Å². The SMILES string of the molecule is CC(C)(O)CCN[C]=O. The van der Waals surface area contributed by atoms with Gasteiger partial charge in [-0.3, -0.25) is 4.79 Å². The van der Waals surface area contributed by atoms with Gasteiger partial charge in [-0.15, -0.1) is 0 Å². The highest BCUT2D eigenvalue weighted by Gasteiger charge is 2.10. The van der Waals surface area contributed by atoms with E-state index in [1.165, 1.54) is 6.41 Å². The molecule has 0 bridgehead atoms. The lowest BCUT2D eigenvalue weighted by molar-refractivity contribution is 0.0725. The minimum atomic E-state index is -0.691. The van der Waals surface area contributed by atoms with Crippen LogP contribution >= 0.6 is 0 Å². The summed E-state index contributed by atoms with van der Waals surface area (Å²) >= 11 is 0. The van der Waals surface area contributed by atoms with E-state index in [2.05, 4.69) is 5.32 Å². The largest absolute Gasteiger partial charge is 0.390 e. The van der Waals surface area contributed by atoms with Crippen LogP contribution in [0, 0.1) is 0 Å². The van der Waals surface area contributed by atoms with Crippen molar-refractivity contribution in [2.75, 3.05) is 6.54 Å². The van der Waals surface area contributed by atoms with Gasteiger partial charge >= 0.3 is 6.41 Å². The minimum Gasteiger partial charge on any atom is -0.390 e. The van der Waals surface area contributed by atoms with Gasteiger partial charge in [-0.1, -0.05) is 0 Å². The lowest BCUT2D eigenvalue weighted by Gasteiger charge is -2.15. The Hall–Kier alpha value is -0.570. The summed E-state index contributed by atoms with van der Waals surface area (Å²) in [5, 5.41) is 11.4. The summed E-state index contributed by atoms with van der Waals surface area (Å²) in [5.41, 5.74) is -0.691. The van der Waals surface area contributed by atoms with Crippen LogP contribution in [0.2, 0.25) is 0 Å². The Labute approximate surface area is 55.1 Å². The van der Waals surface area contributed by atoms with Crippen LogP contribution in [0.1, 0.15) is 20.3 Å². The van der Waals surface area contributed by atoms with Gasteiger partial charge in [0.1, 0.15) is 0 Å². The van der Waals surface area contributed by atoms with E-state index in [1.54, 1.807) is 13.8 Å². The Morgan fingerprint density at radius 3 is 2.56 bits per heavy atom. The van der Waals surface area contributed by atoms with Crippen LogP contribution in [0.5, 0.6) is 0 Å². The normalized spacial score (nSPS) is 11.0. The molecular formula is C6H12NO2. The third-order valence-electron chi connectivity index (χ3n) is 0.934. The molecule has 0 aromatic rings. The fourth-order valence-electron chi connectivity index (χ4n) is 0.419. The predicted molar refractivity (Wildman–Crippen MR) is 34.6 cm³/mol. The summed E-state index contributed by atoms with van der Waals surface area (Å²) in [5.74, 6) is 0. The van der Waals surface area contributed by atoms with E-state index < -0.39 is 5.60 Å². The van der Waals surface area contributed by atoms with E-state index in [9.17, 15) is 4.79 Å². The average molecular weight is 130 g/mol. The minimum absolute atomic E-state index is 0.479. The molecule has 0 fully saturated rings. The summed E-state index contributed by atoms with van der Waals surface area (Å²) in [6.45, 7) is 3.87. The average Bonchev–Trinajstić information content (AvgIpc) is 1.63. The van der Waals surface area contributed by atoms with E-state index >= 15 is 0 Å². The lowest BCUT2D eigenvalue weighted by Crippen LogP contribution is -2.25. The highest BCUT2D eigenvalue weighted by atomic mass is 16.3. The number of carbonyl (C=O) groups excluding carboxylic acids is 1. The fourth-order valence-corrected chi connectivity index (χ4v) is 0.419. The number of hydrogen-bond acceptors (Lipinski definition) is 2. The predicted octanol–water partition coefficient (Wildman–Crippen LogP) is -0.196. The van der Waals surface area contributed by atoms with Gasteiger partial charge < -0.3 is 10.4 Å². The highest BCUT2D eigenvalue weighted by molar-refractivity contribution is 5.46. The molecule has 0 spiro atoms. The van der Waals surface area contributed by atoms with Gasteiger partial charge in [0.2, 0.25) is 0 Å². The molecule has 0 saturated heterocycles. The molecule has 3 heteroatoms. The Morgan fingerprint density at radius 2 is 2.22 bits per heavy atom. The van der Waals surface area contributed by atoms with Crippen LogP contribution in [0.25, 0.3) is 0 Å². The number of amides is 1. The molecule has 2 N–H and O–H groups in total. The molecule has 0 aliphatic heterocycles. The maximum Gasteiger partial charge on any atom is 0.309 e. The molecule has 0 aliphatic carbocycles. The third kappa shape index (κ3) is 7.43. The fraction of sp³-hybridized carbons (Fsp3) is 0.833. The van der Waals surface area contributed by atoms with Crippen molar-refractivity contribution in [3.63, 3.8) is 0 Å². The van der Waals surface area contributed by atoms with Crippen molar-refractivity contribution in [1.29, 1.82) is 0 Å². The standard InChI is InChI=1S/C6H12NO2/c1-6(2,9)3-4-7-5-8/h9H,3-4H2,1-2H3,(H,7,8). The second kappa shape index (κ2) is 3.45. The van der Waals surface area contributed by atoms with Gasteiger partial charge in [0, 0.05) is 6.54 Å². The number of nitrogens with one attached hydrogen (secondary N) is 1. The second-order valence-corrected chi connectivity index (χ2v) is 2.59. The smallest absolute Gasteiger partial charge is 0.309 e. The third-order valence-corrected chi connectivity index (χ3v) is 0.934. The molecule has 0 rings (SSSR count).